The number of aliphatic hydroxyl groups excluding tert-OH is 1. The number of hydrogen-bond acceptors (Lipinski definition) is 7. The molecule has 9 N–H and O–H groups in total. The number of nitrogens with two attached hydrogens (primary N) is 2. The molecular weight excluding hydrogens is 470 g/mol. The SMILES string of the molecule is CCC(C)C(NC(=O)C(N)C(C)O)C(=O)NC(CCC(N)=O)C(=O)NC(Cc1ccccc1)C(=O)O. The first kappa shape index (κ1) is 30.5. The first-order valence-corrected chi connectivity index (χ1v) is 11.8. The molecule has 0 aliphatic rings. The number of rotatable bonds is 15. The zero-order chi connectivity index (χ0) is 27.4. The summed E-state index contributed by atoms with van der Waals surface area (Å²) in [5.74, 6) is -4.66. The molecule has 0 saturated carbocycles. The maximum atomic E-state index is 13.1. The summed E-state index contributed by atoms with van der Waals surface area (Å²) >= 11 is 0. The summed E-state index contributed by atoms with van der Waals surface area (Å²) in [6, 6.07) is 3.71. The summed E-state index contributed by atoms with van der Waals surface area (Å²) in [5.41, 5.74) is 11.5. The molecule has 1 rings (SSSR count). The number of carboxylic acid groups (broad SMARTS) is 1. The van der Waals surface area contributed by atoms with Gasteiger partial charge in [-0.15, -0.1) is 0 Å². The van der Waals surface area contributed by atoms with E-state index in [1.54, 1.807) is 44.2 Å². The van der Waals surface area contributed by atoms with E-state index in [0.29, 0.717) is 12.0 Å². The van der Waals surface area contributed by atoms with Gasteiger partial charge in [0.2, 0.25) is 23.6 Å². The van der Waals surface area contributed by atoms with Gasteiger partial charge in [0.25, 0.3) is 0 Å². The van der Waals surface area contributed by atoms with Gasteiger partial charge in [0, 0.05) is 12.8 Å². The van der Waals surface area contributed by atoms with Crippen LogP contribution in [0.3, 0.4) is 0 Å². The third kappa shape index (κ3) is 10.0. The van der Waals surface area contributed by atoms with Crippen molar-refractivity contribution in [3.63, 3.8) is 0 Å². The molecule has 200 valence electrons. The molecule has 0 spiro atoms. The number of amides is 4. The van der Waals surface area contributed by atoms with Crippen LogP contribution in [0.5, 0.6) is 0 Å². The fraction of sp³-hybridized carbons (Fsp3) is 0.542. The summed E-state index contributed by atoms with van der Waals surface area (Å²) in [6.07, 6.45) is -1.10. The van der Waals surface area contributed by atoms with Crippen LogP contribution in [-0.2, 0) is 30.4 Å². The fourth-order valence-corrected chi connectivity index (χ4v) is 3.31. The Morgan fingerprint density at radius 3 is 2.00 bits per heavy atom. The highest BCUT2D eigenvalue weighted by atomic mass is 16.4. The van der Waals surface area contributed by atoms with Crippen LogP contribution < -0.4 is 27.4 Å². The fourth-order valence-electron chi connectivity index (χ4n) is 3.31. The van der Waals surface area contributed by atoms with Crippen molar-refractivity contribution >= 4 is 29.6 Å². The van der Waals surface area contributed by atoms with Gasteiger partial charge in [-0.3, -0.25) is 19.2 Å². The number of carbonyl (C=O) groups is 5. The molecule has 4 amide bonds. The van der Waals surface area contributed by atoms with E-state index in [0.717, 1.165) is 0 Å². The van der Waals surface area contributed by atoms with E-state index >= 15 is 0 Å². The first-order valence-electron chi connectivity index (χ1n) is 11.8. The number of aliphatic carboxylic acids is 1. The molecule has 6 unspecified atom stereocenters. The molecular formula is C24H37N5O7. The molecule has 12 nitrogen and oxygen atoms in total. The van der Waals surface area contributed by atoms with Gasteiger partial charge in [0.05, 0.1) is 6.10 Å². The van der Waals surface area contributed by atoms with Gasteiger partial charge < -0.3 is 37.6 Å². The molecule has 6 atom stereocenters. The van der Waals surface area contributed by atoms with E-state index in [1.165, 1.54) is 6.92 Å². The molecule has 1 aromatic rings. The number of nitrogens with one attached hydrogen (secondary N) is 3. The molecule has 0 aliphatic carbocycles. The summed E-state index contributed by atoms with van der Waals surface area (Å²) < 4.78 is 0. The van der Waals surface area contributed by atoms with Crippen molar-refractivity contribution in [3.8, 4) is 0 Å². The topological polar surface area (TPSA) is 214 Å². The Morgan fingerprint density at radius 2 is 1.50 bits per heavy atom. The average molecular weight is 508 g/mol. The summed E-state index contributed by atoms with van der Waals surface area (Å²) in [5, 5.41) is 26.6. The highest BCUT2D eigenvalue weighted by Gasteiger charge is 2.33. The third-order valence-corrected chi connectivity index (χ3v) is 5.83. The average Bonchev–Trinajstić information content (AvgIpc) is 2.83. The number of hydrogen-bond donors (Lipinski definition) is 7. The Hall–Kier alpha value is -3.51. The minimum absolute atomic E-state index is 0.00117. The second kappa shape index (κ2) is 14.8. The summed E-state index contributed by atoms with van der Waals surface area (Å²) in [7, 11) is 0. The Bertz CT molecular complexity index is 909. The highest BCUT2D eigenvalue weighted by molar-refractivity contribution is 5.94. The minimum Gasteiger partial charge on any atom is -0.480 e. The van der Waals surface area contributed by atoms with Crippen LogP contribution in [0, 0.1) is 5.92 Å². The van der Waals surface area contributed by atoms with E-state index < -0.39 is 59.9 Å². The third-order valence-electron chi connectivity index (χ3n) is 5.83. The standard InChI is InChI=1S/C24H37N5O7/c1-4-13(2)20(29-22(33)19(26)14(3)30)23(34)27-16(10-11-18(25)31)21(32)28-17(24(35)36)12-15-8-6-5-7-9-15/h5-9,13-14,16-17,19-20,30H,4,10-12,26H2,1-3H3,(H2,25,31)(H,27,34)(H,28,32)(H,29,33)(H,35,36). The van der Waals surface area contributed by atoms with E-state index in [9.17, 15) is 34.2 Å². The van der Waals surface area contributed by atoms with E-state index in [-0.39, 0.29) is 25.2 Å². The summed E-state index contributed by atoms with van der Waals surface area (Å²) in [4.78, 5) is 61.6. The van der Waals surface area contributed by atoms with Crippen molar-refractivity contribution in [2.24, 2.45) is 17.4 Å². The van der Waals surface area contributed by atoms with Gasteiger partial charge in [-0.05, 0) is 24.8 Å². The number of aliphatic hydroxyl groups is 1. The molecule has 0 bridgehead atoms. The Labute approximate surface area is 210 Å². The molecule has 0 radical (unpaired) electrons. The molecule has 0 aliphatic heterocycles. The van der Waals surface area contributed by atoms with Crippen LogP contribution >= 0.6 is 0 Å². The van der Waals surface area contributed by atoms with Crippen LogP contribution in [0.25, 0.3) is 0 Å². The van der Waals surface area contributed by atoms with Crippen molar-refractivity contribution < 1.29 is 34.2 Å². The zero-order valence-corrected chi connectivity index (χ0v) is 20.8. The van der Waals surface area contributed by atoms with Gasteiger partial charge in [-0.25, -0.2) is 4.79 Å². The lowest BCUT2D eigenvalue weighted by atomic mass is 9.96. The van der Waals surface area contributed by atoms with Gasteiger partial charge in [0.1, 0.15) is 24.2 Å². The quantitative estimate of drug-likeness (QED) is 0.152. The lowest BCUT2D eigenvalue weighted by Gasteiger charge is -2.28. The van der Waals surface area contributed by atoms with E-state index in [1.807, 2.05) is 0 Å². The van der Waals surface area contributed by atoms with Crippen molar-refractivity contribution in [1.29, 1.82) is 0 Å². The van der Waals surface area contributed by atoms with E-state index in [4.69, 9.17) is 11.5 Å². The molecule has 36 heavy (non-hydrogen) atoms. The zero-order valence-electron chi connectivity index (χ0n) is 20.8. The monoisotopic (exact) mass is 507 g/mol. The maximum Gasteiger partial charge on any atom is 0.326 e. The molecule has 0 aromatic heterocycles. The first-order chi connectivity index (χ1) is 16.9. The number of primary amides is 1. The predicted octanol–water partition coefficient (Wildman–Crippen LogP) is -1.21. The van der Waals surface area contributed by atoms with Gasteiger partial charge in [0.15, 0.2) is 0 Å². The van der Waals surface area contributed by atoms with Crippen LogP contribution in [-0.4, -0.2) is 70.1 Å². The van der Waals surface area contributed by atoms with Crippen LogP contribution in [0.1, 0.15) is 45.6 Å². The lowest BCUT2D eigenvalue weighted by molar-refractivity contribution is -0.142. The normalized spacial score (nSPS) is 15.9. The Morgan fingerprint density at radius 1 is 0.917 bits per heavy atom. The van der Waals surface area contributed by atoms with Gasteiger partial charge in [-0.2, -0.15) is 0 Å². The lowest BCUT2D eigenvalue weighted by Crippen LogP contribution is -2.59. The van der Waals surface area contributed by atoms with Gasteiger partial charge in [-0.1, -0.05) is 50.6 Å². The molecule has 0 fully saturated rings. The van der Waals surface area contributed by atoms with Crippen molar-refractivity contribution in [3.05, 3.63) is 35.9 Å². The largest absolute Gasteiger partial charge is 0.480 e. The maximum absolute atomic E-state index is 13.1. The Kier molecular flexibility index (Phi) is 12.5. The number of benzene rings is 1. The Balaban J connectivity index is 3.07. The molecule has 12 heteroatoms. The van der Waals surface area contributed by atoms with E-state index in [2.05, 4.69) is 16.0 Å². The van der Waals surface area contributed by atoms with Crippen LogP contribution in [0.15, 0.2) is 30.3 Å². The van der Waals surface area contributed by atoms with Crippen LogP contribution in [0.2, 0.25) is 0 Å². The minimum atomic E-state index is -1.29. The predicted molar refractivity (Wildman–Crippen MR) is 131 cm³/mol. The number of carboxylic acids is 1. The second-order valence-corrected chi connectivity index (χ2v) is 8.79. The van der Waals surface area contributed by atoms with Crippen molar-refractivity contribution in [2.45, 2.75) is 76.7 Å². The summed E-state index contributed by atoms with van der Waals surface area (Å²) in [6.45, 7) is 4.84. The highest BCUT2D eigenvalue weighted by Crippen LogP contribution is 2.11. The second-order valence-electron chi connectivity index (χ2n) is 8.79. The number of carbonyl (C=O) groups excluding carboxylic acids is 4. The van der Waals surface area contributed by atoms with Gasteiger partial charge >= 0.3 is 5.97 Å². The van der Waals surface area contributed by atoms with Crippen molar-refractivity contribution in [1.82, 2.24) is 16.0 Å². The van der Waals surface area contributed by atoms with Crippen molar-refractivity contribution in [2.75, 3.05) is 0 Å². The molecule has 0 saturated heterocycles. The molecule has 0 heterocycles. The smallest absolute Gasteiger partial charge is 0.326 e. The molecule has 1 aromatic carbocycles. The van der Waals surface area contributed by atoms with Crippen LogP contribution in [0.4, 0.5) is 0 Å².